The summed E-state index contributed by atoms with van der Waals surface area (Å²) < 4.78 is 0. The fourth-order valence-electron chi connectivity index (χ4n) is 0. The Morgan fingerprint density at radius 2 is 1.43 bits per heavy atom. The third-order valence-electron chi connectivity index (χ3n) is 0. The molecule has 0 saturated carbocycles. The van der Waals surface area contributed by atoms with Crippen LogP contribution in [0.1, 0.15) is 2.85 Å². The summed E-state index contributed by atoms with van der Waals surface area (Å²) >= 11 is 0. The second kappa shape index (κ2) is 15.7. The Balaban J connectivity index is -0.00000000450. The molecule has 0 radical (unpaired) electrons. The van der Waals surface area contributed by atoms with E-state index in [0.717, 1.165) is 0 Å². The molecular formula is CH5CsFLiO3. The van der Waals surface area contributed by atoms with Crippen LogP contribution in [0, 0.1) is 0 Å². The quantitative estimate of drug-likeness (QED) is 0.404. The zero-order valence-electron chi connectivity index (χ0n) is 6.21. The molecule has 0 aromatic carbocycles. The molecule has 0 spiro atoms. The third-order valence-corrected chi connectivity index (χ3v) is 0. The topological polar surface area (TPSA) is 57.5 Å². The molecule has 0 aliphatic rings. The predicted octanol–water partition coefficient (Wildman–Crippen LogP) is -5.39. The van der Waals surface area contributed by atoms with Crippen LogP contribution < -0.4 is 87.8 Å². The van der Waals surface area contributed by atoms with Gasteiger partial charge in [-0.15, -0.1) is 0 Å². The molecule has 0 unspecified atom stereocenters. The first-order chi connectivity index (χ1) is 1.73. The first-order valence-corrected chi connectivity index (χ1v) is 0.651. The fourth-order valence-corrected chi connectivity index (χ4v) is 0. The first kappa shape index (κ1) is 23.2. The van der Waals surface area contributed by atoms with E-state index < -0.39 is 6.16 Å². The average molecular weight is 224 g/mol. The van der Waals surface area contributed by atoms with E-state index in [2.05, 4.69) is 0 Å². The molecule has 0 amide bonds. The van der Waals surface area contributed by atoms with E-state index in [1.807, 2.05) is 0 Å². The van der Waals surface area contributed by atoms with Gasteiger partial charge in [-0.2, -0.15) is 0 Å². The Hall–Kier alpha value is 1.85. The second-order valence-corrected chi connectivity index (χ2v) is 0.283. The Morgan fingerprint density at radius 3 is 1.43 bits per heavy atom. The van der Waals surface area contributed by atoms with Crippen LogP contribution in [-0.2, 0) is 0 Å². The van der Waals surface area contributed by atoms with Crippen LogP contribution in [0.3, 0.4) is 0 Å². The molecule has 36 valence electrons. The van der Waals surface area contributed by atoms with Crippen molar-refractivity contribution in [2.45, 2.75) is 0 Å². The van der Waals surface area contributed by atoms with Gasteiger partial charge in [0.25, 0.3) is 0 Å². The maximum atomic E-state index is 8.56. The molecule has 3 nitrogen and oxygen atoms in total. The monoisotopic (exact) mass is 224 g/mol. The van der Waals surface area contributed by atoms with Gasteiger partial charge in [0.2, 0.25) is 0 Å². The van der Waals surface area contributed by atoms with Crippen LogP contribution in [0.4, 0.5) is 9.50 Å². The molecule has 0 rings (SSSR count). The number of hydrogen-bond donors (Lipinski definition) is 2. The molecule has 0 aromatic rings. The van der Waals surface area contributed by atoms with Crippen molar-refractivity contribution >= 4 is 6.16 Å². The zero-order chi connectivity index (χ0) is 3.58. The van der Waals surface area contributed by atoms with Crippen LogP contribution in [-0.4, -0.2) is 16.4 Å². The summed E-state index contributed by atoms with van der Waals surface area (Å²) in [6.45, 7) is 0. The predicted molar refractivity (Wildman–Crippen MR) is 15.4 cm³/mol. The maximum absolute atomic E-state index is 8.56. The summed E-state index contributed by atoms with van der Waals surface area (Å²) in [5.74, 6) is 0. The van der Waals surface area contributed by atoms with Crippen molar-refractivity contribution < 1.29 is 110 Å². The van der Waals surface area contributed by atoms with E-state index in [1.54, 1.807) is 0 Å². The van der Waals surface area contributed by atoms with Crippen molar-refractivity contribution in [3.63, 3.8) is 0 Å². The van der Waals surface area contributed by atoms with Crippen molar-refractivity contribution in [1.29, 1.82) is 0 Å². The van der Waals surface area contributed by atoms with Crippen LogP contribution >= 0.6 is 0 Å². The van der Waals surface area contributed by atoms with E-state index in [9.17, 15) is 0 Å². The summed E-state index contributed by atoms with van der Waals surface area (Å²) in [5.41, 5.74) is 0. The smallest absolute Gasteiger partial charge is 1.00 e. The Morgan fingerprint density at radius 1 is 1.43 bits per heavy atom. The first-order valence-electron chi connectivity index (χ1n) is 0.651. The third kappa shape index (κ3) is 78.5. The molecule has 6 heteroatoms. The molecule has 0 aliphatic heterocycles. The molecular weight excluding hydrogens is 219 g/mol. The van der Waals surface area contributed by atoms with Gasteiger partial charge in [0, 0.05) is 0 Å². The van der Waals surface area contributed by atoms with Crippen molar-refractivity contribution in [1.82, 2.24) is 0 Å². The van der Waals surface area contributed by atoms with Crippen LogP contribution in [0.2, 0.25) is 0 Å². The molecule has 0 aliphatic carbocycles. The standard InChI is InChI=1S/CH2O3.Cs.FH.Li.2H/c2-1(3)4;;;;;/h(H2,2,3,4);;1H;;;/q;+1;;+1;2*-1. The Bertz CT molecular complexity index is 44.8. The van der Waals surface area contributed by atoms with Crippen molar-refractivity contribution in [2.75, 3.05) is 0 Å². The van der Waals surface area contributed by atoms with E-state index >= 15 is 0 Å². The minimum absolute atomic E-state index is 0. The second-order valence-electron chi connectivity index (χ2n) is 0.283. The van der Waals surface area contributed by atoms with Gasteiger partial charge >= 0.3 is 93.9 Å². The van der Waals surface area contributed by atoms with Crippen molar-refractivity contribution in [3.05, 3.63) is 0 Å². The largest absolute Gasteiger partial charge is 1.00 e. The maximum Gasteiger partial charge on any atom is 1.00 e. The van der Waals surface area contributed by atoms with Gasteiger partial charge in [-0.3, -0.25) is 4.70 Å². The molecule has 0 fully saturated rings. The van der Waals surface area contributed by atoms with Gasteiger partial charge in [0.05, 0.1) is 0 Å². The minimum atomic E-state index is -1.83. The van der Waals surface area contributed by atoms with Gasteiger partial charge in [-0.1, -0.05) is 0 Å². The minimum Gasteiger partial charge on any atom is -1.00 e. The van der Waals surface area contributed by atoms with Gasteiger partial charge in [-0.05, 0) is 0 Å². The molecule has 0 heterocycles. The molecule has 0 bridgehead atoms. The summed E-state index contributed by atoms with van der Waals surface area (Å²) in [6.07, 6.45) is -1.83. The van der Waals surface area contributed by atoms with Crippen LogP contribution in [0.5, 0.6) is 0 Å². The van der Waals surface area contributed by atoms with E-state index in [4.69, 9.17) is 15.0 Å². The summed E-state index contributed by atoms with van der Waals surface area (Å²) in [4.78, 5) is 8.56. The molecule has 0 saturated heterocycles. The van der Waals surface area contributed by atoms with Gasteiger partial charge in [0.15, 0.2) is 0 Å². The van der Waals surface area contributed by atoms with Gasteiger partial charge in [-0.25, -0.2) is 4.79 Å². The number of carbonyl (C=O) groups is 1. The van der Waals surface area contributed by atoms with Crippen molar-refractivity contribution in [3.8, 4) is 0 Å². The normalized spacial score (nSPS) is 3.43. The number of carboxylic acid groups (broad SMARTS) is 2. The van der Waals surface area contributed by atoms with Crippen molar-refractivity contribution in [2.24, 2.45) is 0 Å². The summed E-state index contributed by atoms with van der Waals surface area (Å²) in [7, 11) is 0. The van der Waals surface area contributed by atoms with E-state index in [1.165, 1.54) is 0 Å². The Labute approximate surface area is 114 Å². The Kier molecular flexibility index (Phi) is 51.9. The van der Waals surface area contributed by atoms with E-state index in [-0.39, 0.29) is 95.3 Å². The van der Waals surface area contributed by atoms with Crippen LogP contribution in [0.15, 0.2) is 0 Å². The van der Waals surface area contributed by atoms with Gasteiger partial charge < -0.3 is 13.1 Å². The van der Waals surface area contributed by atoms with E-state index in [0.29, 0.717) is 0 Å². The molecule has 0 aromatic heterocycles. The zero-order valence-corrected chi connectivity index (χ0v) is 10.5. The molecule has 2 N–H and O–H groups in total. The average Bonchev–Trinajstić information content (AvgIpc) is 0.811. The van der Waals surface area contributed by atoms with Crippen LogP contribution in [0.25, 0.3) is 0 Å². The SMILES string of the molecule is F.O=C(O)O.[Cs+].[H-].[H-].[Li+]. The van der Waals surface area contributed by atoms with Gasteiger partial charge in [0.1, 0.15) is 0 Å². The summed E-state index contributed by atoms with van der Waals surface area (Å²) in [5, 5.41) is 13.9. The molecule has 7 heavy (non-hydrogen) atoms. The number of rotatable bonds is 0. The number of halogens is 1. The number of hydrogen-bond acceptors (Lipinski definition) is 1. The summed E-state index contributed by atoms with van der Waals surface area (Å²) in [6, 6.07) is 0. The fraction of sp³-hybridized carbons (Fsp3) is 0. The molecule has 0 atom stereocenters.